The van der Waals surface area contributed by atoms with Crippen LogP contribution >= 0.6 is 7.52 Å². The molecule has 0 radical (unpaired) electrons. The van der Waals surface area contributed by atoms with Crippen LogP contribution in [0, 0.1) is 0 Å². The molecule has 1 aliphatic rings. The summed E-state index contributed by atoms with van der Waals surface area (Å²) in [5.41, 5.74) is 0. The van der Waals surface area contributed by atoms with Gasteiger partial charge in [0.25, 0.3) is 7.52 Å². The zero-order valence-corrected chi connectivity index (χ0v) is 13.9. The highest BCUT2D eigenvalue weighted by atomic mass is 31.2. The van der Waals surface area contributed by atoms with Crippen molar-refractivity contribution in [2.75, 3.05) is 19.4 Å². The fraction of sp³-hybridized carbons (Fsp3) is 1.00. The van der Waals surface area contributed by atoms with Gasteiger partial charge in [-0.1, -0.05) is 6.92 Å². The molecule has 0 bridgehead atoms. The van der Waals surface area contributed by atoms with E-state index in [1.165, 1.54) is 0 Å². The number of ether oxygens (including phenoxy) is 3. The third-order valence-electron chi connectivity index (χ3n) is 3.34. The van der Waals surface area contributed by atoms with E-state index in [-0.39, 0.29) is 36.5 Å². The van der Waals surface area contributed by atoms with Crippen LogP contribution < -0.4 is 5.09 Å². The lowest BCUT2D eigenvalue weighted by Crippen LogP contribution is -2.46. The maximum Gasteiger partial charge on any atom is 0.267 e. The third kappa shape index (κ3) is 5.13. The first-order valence-corrected chi connectivity index (χ1v) is 9.13. The zero-order valence-electron chi connectivity index (χ0n) is 13.0. The molecule has 0 amide bonds. The molecule has 0 aromatic heterocycles. The fourth-order valence-electron chi connectivity index (χ4n) is 2.28. The predicted molar refractivity (Wildman–Crippen MR) is 81.0 cm³/mol. The van der Waals surface area contributed by atoms with Crippen LogP contribution in [0.1, 0.15) is 27.7 Å². The van der Waals surface area contributed by atoms with Crippen molar-refractivity contribution in [3.05, 3.63) is 0 Å². The normalized spacial score (nSPS) is 33.5. The van der Waals surface area contributed by atoms with Gasteiger partial charge in [0.15, 0.2) is 0 Å². The summed E-state index contributed by atoms with van der Waals surface area (Å²) in [5, 5.41) is 2.83. The largest absolute Gasteiger partial charge is 0.377 e. The molecule has 1 rings (SSSR count). The molecule has 0 aromatic rings. The van der Waals surface area contributed by atoms with Crippen LogP contribution in [0.2, 0.25) is 0 Å². The summed E-state index contributed by atoms with van der Waals surface area (Å²) < 4.78 is 29.1. The van der Waals surface area contributed by atoms with E-state index in [0.29, 0.717) is 13.2 Å². The second-order valence-corrected chi connectivity index (χ2v) is 7.65. The van der Waals surface area contributed by atoms with Crippen molar-refractivity contribution in [2.24, 2.45) is 0 Å². The second-order valence-electron chi connectivity index (χ2n) is 5.35. The molecule has 0 aromatic carbocycles. The molecule has 1 aliphatic heterocycles. The summed E-state index contributed by atoms with van der Waals surface area (Å²) in [5.74, 6) is 0. The van der Waals surface area contributed by atoms with Crippen LogP contribution in [0.15, 0.2) is 0 Å². The molecule has 1 fully saturated rings. The molecule has 20 heavy (non-hydrogen) atoms. The standard InChI is InChI=1S/C12H27BNO5P/c1-5-17-11-10(14-20(15,16)6-2)9(19-12(11)13)7-18-8(3)4/h8-12H,5-7,13H2,1-4H3,(H2,14,15,16)/t9-,10?,11?,12-/m1/s1. The number of nitrogens with one attached hydrogen (secondary N) is 1. The van der Waals surface area contributed by atoms with E-state index >= 15 is 0 Å². The van der Waals surface area contributed by atoms with Gasteiger partial charge < -0.3 is 19.1 Å². The number of hydrogen-bond donors (Lipinski definition) is 2. The highest BCUT2D eigenvalue weighted by molar-refractivity contribution is 7.55. The lowest BCUT2D eigenvalue weighted by molar-refractivity contribution is -0.0242. The monoisotopic (exact) mass is 307 g/mol. The summed E-state index contributed by atoms with van der Waals surface area (Å²) in [4.78, 5) is 9.84. The van der Waals surface area contributed by atoms with Crippen LogP contribution in [0.4, 0.5) is 0 Å². The Bertz CT molecular complexity index is 344. The van der Waals surface area contributed by atoms with Gasteiger partial charge in [-0.05, 0) is 20.8 Å². The average molecular weight is 307 g/mol. The first-order chi connectivity index (χ1) is 9.30. The Kier molecular flexibility index (Phi) is 7.19. The molecule has 0 aliphatic carbocycles. The maximum atomic E-state index is 12.0. The van der Waals surface area contributed by atoms with Gasteiger partial charge in [0, 0.05) is 12.8 Å². The Morgan fingerprint density at radius 2 is 2.10 bits per heavy atom. The fourth-order valence-corrected chi connectivity index (χ4v) is 3.25. The van der Waals surface area contributed by atoms with Crippen molar-refractivity contribution >= 4 is 15.4 Å². The molecular formula is C12H27BNO5P. The minimum atomic E-state index is -3.36. The summed E-state index contributed by atoms with van der Waals surface area (Å²) in [6.07, 6.45) is -0.259. The van der Waals surface area contributed by atoms with Crippen molar-refractivity contribution < 1.29 is 23.7 Å². The first kappa shape index (κ1) is 18.1. The van der Waals surface area contributed by atoms with Gasteiger partial charge in [0.1, 0.15) is 7.85 Å². The lowest BCUT2D eigenvalue weighted by Gasteiger charge is -2.27. The molecule has 3 unspecified atom stereocenters. The average Bonchev–Trinajstić information content (AvgIpc) is 2.64. The van der Waals surface area contributed by atoms with Gasteiger partial charge in [0.2, 0.25) is 0 Å². The van der Waals surface area contributed by atoms with Gasteiger partial charge in [-0.15, -0.1) is 0 Å². The van der Waals surface area contributed by atoms with Gasteiger partial charge in [-0.3, -0.25) is 4.57 Å². The smallest absolute Gasteiger partial charge is 0.267 e. The van der Waals surface area contributed by atoms with Gasteiger partial charge >= 0.3 is 0 Å². The van der Waals surface area contributed by atoms with E-state index in [1.807, 2.05) is 28.6 Å². The molecule has 5 atom stereocenters. The SMILES string of the molecule is B[C@@H]1O[C@H](COC(C)C)C(NP(=O)(O)CC)C1OCC. The van der Waals surface area contributed by atoms with E-state index in [2.05, 4.69) is 5.09 Å². The molecule has 118 valence electrons. The highest BCUT2D eigenvalue weighted by Gasteiger charge is 2.45. The summed E-state index contributed by atoms with van der Waals surface area (Å²) in [6.45, 7) is 8.40. The van der Waals surface area contributed by atoms with Gasteiger partial charge in [-0.2, -0.15) is 0 Å². The zero-order chi connectivity index (χ0) is 15.3. The molecule has 6 nitrogen and oxygen atoms in total. The third-order valence-corrected chi connectivity index (χ3v) is 4.90. The van der Waals surface area contributed by atoms with E-state index in [4.69, 9.17) is 14.2 Å². The molecule has 1 heterocycles. The quantitative estimate of drug-likeness (QED) is 0.497. The van der Waals surface area contributed by atoms with E-state index < -0.39 is 7.52 Å². The van der Waals surface area contributed by atoms with Crippen molar-refractivity contribution in [1.29, 1.82) is 0 Å². The summed E-state index contributed by atoms with van der Waals surface area (Å²) in [7, 11) is -1.45. The van der Waals surface area contributed by atoms with Crippen LogP contribution in [0.25, 0.3) is 0 Å². The number of hydrogen-bond acceptors (Lipinski definition) is 4. The van der Waals surface area contributed by atoms with Crippen molar-refractivity contribution in [1.82, 2.24) is 5.09 Å². The highest BCUT2D eigenvalue weighted by Crippen LogP contribution is 2.38. The Balaban J connectivity index is 2.78. The lowest BCUT2D eigenvalue weighted by atomic mass is 9.92. The van der Waals surface area contributed by atoms with Crippen LogP contribution in [-0.4, -0.2) is 62.5 Å². The van der Waals surface area contributed by atoms with Crippen LogP contribution in [0.3, 0.4) is 0 Å². The molecular weight excluding hydrogens is 280 g/mol. The Morgan fingerprint density at radius 1 is 1.45 bits per heavy atom. The Hall–Kier alpha value is 0.0949. The van der Waals surface area contributed by atoms with E-state index in [9.17, 15) is 9.46 Å². The molecule has 1 saturated heterocycles. The van der Waals surface area contributed by atoms with Crippen molar-refractivity contribution in [3.8, 4) is 0 Å². The second kappa shape index (κ2) is 7.92. The minimum Gasteiger partial charge on any atom is -0.377 e. The molecule has 0 spiro atoms. The molecule has 8 heteroatoms. The Labute approximate surface area is 122 Å². The first-order valence-electron chi connectivity index (χ1n) is 7.29. The van der Waals surface area contributed by atoms with Crippen molar-refractivity contribution in [2.45, 2.75) is 58.1 Å². The Morgan fingerprint density at radius 3 is 2.60 bits per heavy atom. The maximum absolute atomic E-state index is 12.0. The predicted octanol–water partition coefficient (Wildman–Crippen LogP) is 0.338. The summed E-state index contributed by atoms with van der Waals surface area (Å²) >= 11 is 0. The number of rotatable bonds is 8. The minimum absolute atomic E-state index is 0.0906. The van der Waals surface area contributed by atoms with Gasteiger partial charge in [0.05, 0.1) is 37.0 Å². The van der Waals surface area contributed by atoms with Crippen molar-refractivity contribution in [3.63, 3.8) is 0 Å². The van der Waals surface area contributed by atoms with E-state index in [1.54, 1.807) is 6.92 Å². The van der Waals surface area contributed by atoms with Crippen LogP contribution in [0.5, 0.6) is 0 Å². The molecule has 0 saturated carbocycles. The topological polar surface area (TPSA) is 77.0 Å². The van der Waals surface area contributed by atoms with Gasteiger partial charge in [-0.25, -0.2) is 5.09 Å². The molecule has 2 N–H and O–H groups in total. The van der Waals surface area contributed by atoms with Crippen LogP contribution in [-0.2, 0) is 18.8 Å². The van der Waals surface area contributed by atoms with E-state index in [0.717, 1.165) is 0 Å². The summed E-state index contributed by atoms with van der Waals surface area (Å²) in [6, 6.07) is -0.468.